The predicted molar refractivity (Wildman–Crippen MR) is 60.8 cm³/mol. The molecule has 1 fully saturated rings. The first kappa shape index (κ1) is 9.83. The molecule has 0 spiro atoms. The van der Waals surface area contributed by atoms with Crippen molar-refractivity contribution in [2.45, 2.75) is 18.9 Å². The van der Waals surface area contributed by atoms with Crippen LogP contribution in [0.15, 0.2) is 18.2 Å². The van der Waals surface area contributed by atoms with Gasteiger partial charge in [0.25, 0.3) is 5.91 Å². The molecule has 0 aromatic heterocycles. The lowest BCUT2D eigenvalue weighted by molar-refractivity contribution is 0.100. The monoisotopic (exact) mass is 205 g/mol. The molecule has 1 saturated carbocycles. The van der Waals surface area contributed by atoms with Crippen molar-refractivity contribution in [1.82, 2.24) is 0 Å². The molecule has 4 heteroatoms. The highest BCUT2D eigenvalue weighted by Crippen LogP contribution is 2.32. The van der Waals surface area contributed by atoms with E-state index < -0.39 is 5.91 Å². The number of primary amides is 1. The average Bonchev–Trinajstić information content (AvgIpc) is 2.99. The van der Waals surface area contributed by atoms with Crippen LogP contribution < -0.4 is 16.4 Å². The van der Waals surface area contributed by atoms with Gasteiger partial charge in [0.1, 0.15) is 0 Å². The third kappa shape index (κ3) is 1.88. The molecule has 1 aliphatic carbocycles. The Morgan fingerprint density at radius 1 is 1.47 bits per heavy atom. The van der Waals surface area contributed by atoms with Crippen molar-refractivity contribution >= 4 is 17.3 Å². The van der Waals surface area contributed by atoms with Gasteiger partial charge in [0, 0.05) is 24.5 Å². The Balaban J connectivity index is 2.40. The average molecular weight is 205 g/mol. The fourth-order valence-electron chi connectivity index (χ4n) is 1.72. The molecule has 1 amide bonds. The number of hydrogen-bond acceptors (Lipinski definition) is 3. The molecule has 0 atom stereocenters. The second-order valence-electron chi connectivity index (χ2n) is 3.98. The summed E-state index contributed by atoms with van der Waals surface area (Å²) in [4.78, 5) is 13.4. The van der Waals surface area contributed by atoms with Crippen molar-refractivity contribution in [3.63, 3.8) is 0 Å². The molecule has 80 valence electrons. The van der Waals surface area contributed by atoms with E-state index >= 15 is 0 Å². The summed E-state index contributed by atoms with van der Waals surface area (Å²) in [5, 5.41) is 0. The molecule has 1 aliphatic rings. The maximum Gasteiger partial charge on any atom is 0.250 e. The molecule has 0 unspecified atom stereocenters. The highest BCUT2D eigenvalue weighted by Gasteiger charge is 2.28. The van der Waals surface area contributed by atoms with Crippen molar-refractivity contribution in [3.8, 4) is 0 Å². The van der Waals surface area contributed by atoms with Crippen molar-refractivity contribution in [1.29, 1.82) is 0 Å². The molecule has 0 aliphatic heterocycles. The van der Waals surface area contributed by atoms with E-state index in [2.05, 4.69) is 4.90 Å². The largest absolute Gasteiger partial charge is 0.399 e. The number of carbonyl (C=O) groups excluding carboxylic acids is 1. The van der Waals surface area contributed by atoms with Gasteiger partial charge < -0.3 is 16.4 Å². The van der Waals surface area contributed by atoms with E-state index in [0.717, 1.165) is 5.69 Å². The van der Waals surface area contributed by atoms with Gasteiger partial charge in [0.15, 0.2) is 0 Å². The van der Waals surface area contributed by atoms with Crippen LogP contribution in [0, 0.1) is 0 Å². The number of anilines is 2. The molecule has 0 bridgehead atoms. The molecule has 0 heterocycles. The number of nitrogen functional groups attached to an aromatic ring is 1. The number of nitrogens with two attached hydrogens (primary N) is 2. The molecular formula is C11H15N3O. The number of carbonyl (C=O) groups is 1. The first-order valence-electron chi connectivity index (χ1n) is 5.02. The van der Waals surface area contributed by atoms with Crippen LogP contribution in [-0.4, -0.2) is 19.0 Å². The van der Waals surface area contributed by atoms with Crippen LogP contribution in [0.1, 0.15) is 23.2 Å². The number of amides is 1. The number of benzene rings is 1. The van der Waals surface area contributed by atoms with E-state index in [0.29, 0.717) is 17.3 Å². The first-order valence-corrected chi connectivity index (χ1v) is 5.02. The highest BCUT2D eigenvalue weighted by molar-refractivity contribution is 5.99. The Kier molecular flexibility index (Phi) is 2.26. The second kappa shape index (κ2) is 3.46. The van der Waals surface area contributed by atoms with E-state index in [-0.39, 0.29) is 0 Å². The van der Waals surface area contributed by atoms with Crippen LogP contribution in [0.25, 0.3) is 0 Å². The zero-order chi connectivity index (χ0) is 11.0. The molecule has 4 N–H and O–H groups in total. The highest BCUT2D eigenvalue weighted by atomic mass is 16.1. The maximum absolute atomic E-state index is 11.3. The molecule has 4 nitrogen and oxygen atoms in total. The predicted octanol–water partition coefficient (Wildman–Crippen LogP) is 0.966. The van der Waals surface area contributed by atoms with Crippen LogP contribution >= 0.6 is 0 Å². The smallest absolute Gasteiger partial charge is 0.250 e. The molecule has 1 aromatic carbocycles. The SMILES string of the molecule is CN(c1ccc(N)cc1C(N)=O)C1CC1. The standard InChI is InChI=1S/C11H15N3O/c1-14(8-3-4-8)10-5-2-7(12)6-9(10)11(13)15/h2,5-6,8H,3-4,12H2,1H3,(H2,13,15). The number of hydrogen-bond donors (Lipinski definition) is 2. The normalized spacial score (nSPS) is 15.0. The Bertz CT molecular complexity index is 399. The number of nitrogens with zero attached hydrogens (tertiary/aromatic N) is 1. The Morgan fingerprint density at radius 3 is 2.67 bits per heavy atom. The van der Waals surface area contributed by atoms with Crippen LogP contribution in [-0.2, 0) is 0 Å². The molecule has 0 saturated heterocycles. The minimum atomic E-state index is -0.426. The lowest BCUT2D eigenvalue weighted by Crippen LogP contribution is -2.24. The van der Waals surface area contributed by atoms with E-state index in [9.17, 15) is 4.79 Å². The maximum atomic E-state index is 11.3. The van der Waals surface area contributed by atoms with Crippen LogP contribution in [0.4, 0.5) is 11.4 Å². The van der Waals surface area contributed by atoms with Gasteiger partial charge in [0.05, 0.1) is 5.56 Å². The first-order chi connectivity index (χ1) is 7.09. The molecule has 2 rings (SSSR count). The van der Waals surface area contributed by atoms with Crippen molar-refractivity contribution in [3.05, 3.63) is 23.8 Å². The minimum Gasteiger partial charge on any atom is -0.399 e. The zero-order valence-electron chi connectivity index (χ0n) is 8.73. The van der Waals surface area contributed by atoms with Crippen LogP contribution in [0.3, 0.4) is 0 Å². The minimum absolute atomic E-state index is 0.426. The Morgan fingerprint density at radius 2 is 2.13 bits per heavy atom. The zero-order valence-corrected chi connectivity index (χ0v) is 8.73. The topological polar surface area (TPSA) is 72.3 Å². The van der Waals surface area contributed by atoms with Gasteiger partial charge in [-0.25, -0.2) is 0 Å². The third-order valence-corrected chi connectivity index (χ3v) is 2.76. The summed E-state index contributed by atoms with van der Waals surface area (Å²) >= 11 is 0. The van der Waals surface area contributed by atoms with E-state index in [1.54, 1.807) is 12.1 Å². The van der Waals surface area contributed by atoms with Crippen LogP contribution in [0.5, 0.6) is 0 Å². The Hall–Kier alpha value is -1.71. The van der Waals surface area contributed by atoms with Crippen molar-refractivity contribution < 1.29 is 4.79 Å². The van der Waals surface area contributed by atoms with Gasteiger partial charge in [0.2, 0.25) is 0 Å². The summed E-state index contributed by atoms with van der Waals surface area (Å²) in [6, 6.07) is 5.83. The number of rotatable bonds is 3. The van der Waals surface area contributed by atoms with Gasteiger partial charge in [-0.05, 0) is 31.0 Å². The molecule has 0 radical (unpaired) electrons. The van der Waals surface area contributed by atoms with Gasteiger partial charge in [-0.2, -0.15) is 0 Å². The Labute approximate surface area is 88.9 Å². The van der Waals surface area contributed by atoms with Crippen molar-refractivity contribution in [2.24, 2.45) is 5.73 Å². The van der Waals surface area contributed by atoms with Crippen molar-refractivity contribution in [2.75, 3.05) is 17.7 Å². The summed E-state index contributed by atoms with van der Waals surface area (Å²) < 4.78 is 0. The van der Waals surface area contributed by atoms with Gasteiger partial charge in [-0.3, -0.25) is 4.79 Å². The molecule has 15 heavy (non-hydrogen) atoms. The van der Waals surface area contributed by atoms with E-state index in [1.165, 1.54) is 12.8 Å². The lowest BCUT2D eigenvalue weighted by Gasteiger charge is -2.21. The second-order valence-corrected chi connectivity index (χ2v) is 3.98. The summed E-state index contributed by atoms with van der Waals surface area (Å²) in [6.07, 6.45) is 2.36. The van der Waals surface area contributed by atoms with Gasteiger partial charge in [-0.1, -0.05) is 0 Å². The van der Waals surface area contributed by atoms with Crippen LogP contribution in [0.2, 0.25) is 0 Å². The molecular weight excluding hydrogens is 190 g/mol. The lowest BCUT2D eigenvalue weighted by atomic mass is 10.1. The van der Waals surface area contributed by atoms with E-state index in [4.69, 9.17) is 11.5 Å². The summed E-state index contributed by atoms with van der Waals surface area (Å²) in [5.41, 5.74) is 12.9. The summed E-state index contributed by atoms with van der Waals surface area (Å²) in [7, 11) is 1.98. The fraction of sp³-hybridized carbons (Fsp3) is 0.364. The van der Waals surface area contributed by atoms with Gasteiger partial charge >= 0.3 is 0 Å². The summed E-state index contributed by atoms with van der Waals surface area (Å²) in [6.45, 7) is 0. The van der Waals surface area contributed by atoms with Gasteiger partial charge in [-0.15, -0.1) is 0 Å². The third-order valence-electron chi connectivity index (χ3n) is 2.76. The quantitative estimate of drug-likeness (QED) is 0.722. The summed E-state index contributed by atoms with van der Waals surface area (Å²) in [5.74, 6) is -0.426. The fourth-order valence-corrected chi connectivity index (χ4v) is 1.72. The van der Waals surface area contributed by atoms with E-state index in [1.807, 2.05) is 13.1 Å². The molecule has 1 aromatic rings.